The molecule has 0 spiro atoms. The number of nitrogens with zero attached hydrogens (tertiary/aromatic N) is 2. The number of esters is 1. The van der Waals surface area contributed by atoms with E-state index >= 15 is 0 Å². The molecule has 0 radical (unpaired) electrons. The van der Waals surface area contributed by atoms with E-state index in [0.29, 0.717) is 22.0 Å². The summed E-state index contributed by atoms with van der Waals surface area (Å²) in [5.41, 5.74) is 4.49. The van der Waals surface area contributed by atoms with Crippen molar-refractivity contribution in [2.45, 2.75) is 52.8 Å². The number of thioether (sulfide) groups is 1. The molecule has 1 atom stereocenters. The highest BCUT2D eigenvalue weighted by Crippen LogP contribution is 2.44. The average Bonchev–Trinajstić information content (AvgIpc) is 3.18. The van der Waals surface area contributed by atoms with E-state index in [4.69, 9.17) is 4.74 Å². The molecule has 4 rings (SSSR count). The fourth-order valence-corrected chi connectivity index (χ4v) is 5.01. The standard InChI is InChI=1S/C27H28FN3O3S/c1-16(2)34-26(33)24-18(4)30-27-31(25(24)20-10-8-17(3)9-11-20)22(15-35-27)13-23(32)29-14-19-6-5-7-21(28)12-19/h5-12,15-16,25H,13-14H2,1-4H3,(H,29,32)/t25-/m1/s1. The maximum atomic E-state index is 13.5. The number of carbonyl (C=O) groups is 2. The van der Waals surface area contributed by atoms with Gasteiger partial charge in [0.1, 0.15) is 5.82 Å². The van der Waals surface area contributed by atoms with E-state index in [1.165, 1.54) is 23.9 Å². The zero-order valence-electron chi connectivity index (χ0n) is 20.2. The second kappa shape index (κ2) is 10.5. The van der Waals surface area contributed by atoms with Crippen molar-refractivity contribution in [1.29, 1.82) is 0 Å². The molecule has 2 aromatic carbocycles. The fourth-order valence-electron chi connectivity index (χ4n) is 4.05. The van der Waals surface area contributed by atoms with E-state index < -0.39 is 12.0 Å². The van der Waals surface area contributed by atoms with Gasteiger partial charge in [-0.15, -0.1) is 0 Å². The van der Waals surface area contributed by atoms with Crippen LogP contribution in [0.4, 0.5) is 4.39 Å². The highest BCUT2D eigenvalue weighted by Gasteiger charge is 2.41. The lowest BCUT2D eigenvalue weighted by Crippen LogP contribution is -2.38. The van der Waals surface area contributed by atoms with Crippen molar-refractivity contribution in [2.75, 3.05) is 0 Å². The molecule has 0 saturated heterocycles. The lowest BCUT2D eigenvalue weighted by Gasteiger charge is -2.36. The maximum Gasteiger partial charge on any atom is 0.338 e. The molecule has 0 saturated carbocycles. The first-order valence-electron chi connectivity index (χ1n) is 11.5. The van der Waals surface area contributed by atoms with Gasteiger partial charge in [0.15, 0.2) is 5.17 Å². The molecule has 2 aromatic rings. The second-order valence-electron chi connectivity index (χ2n) is 8.84. The Kier molecular flexibility index (Phi) is 7.40. The minimum absolute atomic E-state index is 0.0925. The third kappa shape index (κ3) is 5.65. The largest absolute Gasteiger partial charge is 0.459 e. The quantitative estimate of drug-likeness (QED) is 0.526. The number of nitrogens with one attached hydrogen (secondary N) is 1. The number of carbonyl (C=O) groups excluding carboxylic acids is 2. The van der Waals surface area contributed by atoms with Crippen LogP contribution < -0.4 is 5.32 Å². The van der Waals surface area contributed by atoms with Crippen LogP contribution >= 0.6 is 11.8 Å². The molecular formula is C27H28FN3O3S. The summed E-state index contributed by atoms with van der Waals surface area (Å²) >= 11 is 1.42. The van der Waals surface area contributed by atoms with Crippen molar-refractivity contribution in [3.63, 3.8) is 0 Å². The van der Waals surface area contributed by atoms with E-state index in [9.17, 15) is 14.0 Å². The van der Waals surface area contributed by atoms with Gasteiger partial charge in [0, 0.05) is 12.2 Å². The summed E-state index contributed by atoms with van der Waals surface area (Å²) < 4.78 is 19.0. The number of hydrogen-bond donors (Lipinski definition) is 1. The number of ether oxygens (including phenoxy) is 1. The van der Waals surface area contributed by atoms with Gasteiger partial charge in [-0.2, -0.15) is 0 Å². The minimum atomic E-state index is -0.466. The Bertz CT molecular complexity index is 1230. The molecule has 0 bridgehead atoms. The minimum Gasteiger partial charge on any atom is -0.459 e. The first kappa shape index (κ1) is 24.7. The summed E-state index contributed by atoms with van der Waals surface area (Å²) in [6, 6.07) is 13.7. The van der Waals surface area contributed by atoms with Gasteiger partial charge in [0.25, 0.3) is 0 Å². The Labute approximate surface area is 209 Å². The van der Waals surface area contributed by atoms with Crippen LogP contribution in [0.5, 0.6) is 0 Å². The Hall–Kier alpha value is -3.39. The summed E-state index contributed by atoms with van der Waals surface area (Å²) in [5.74, 6) is -0.968. The predicted molar refractivity (Wildman–Crippen MR) is 136 cm³/mol. The van der Waals surface area contributed by atoms with Crippen molar-refractivity contribution in [3.8, 4) is 0 Å². The number of aryl methyl sites for hydroxylation is 1. The summed E-state index contributed by atoms with van der Waals surface area (Å²) in [4.78, 5) is 32.6. The van der Waals surface area contributed by atoms with Gasteiger partial charge in [-0.3, -0.25) is 4.79 Å². The fraction of sp³-hybridized carbons (Fsp3) is 0.296. The van der Waals surface area contributed by atoms with Crippen LogP contribution in [0.15, 0.2) is 75.9 Å². The zero-order chi connectivity index (χ0) is 25.1. The number of fused-ring (bicyclic) bond motifs is 1. The van der Waals surface area contributed by atoms with Gasteiger partial charge in [0.2, 0.25) is 5.91 Å². The lowest BCUT2D eigenvalue weighted by molar-refractivity contribution is -0.143. The highest BCUT2D eigenvalue weighted by molar-refractivity contribution is 8.16. The molecule has 2 heterocycles. The maximum absolute atomic E-state index is 13.5. The number of halogens is 1. The summed E-state index contributed by atoms with van der Waals surface area (Å²) in [7, 11) is 0. The first-order valence-corrected chi connectivity index (χ1v) is 12.3. The van der Waals surface area contributed by atoms with Crippen molar-refractivity contribution in [3.05, 3.63) is 93.4 Å². The van der Waals surface area contributed by atoms with Crippen LogP contribution in [-0.2, 0) is 20.9 Å². The van der Waals surface area contributed by atoms with Crippen LogP contribution in [0, 0.1) is 12.7 Å². The van der Waals surface area contributed by atoms with E-state index in [0.717, 1.165) is 16.8 Å². The van der Waals surface area contributed by atoms with Crippen LogP contribution in [0.1, 0.15) is 49.9 Å². The number of amides is 1. The van der Waals surface area contributed by atoms with E-state index in [1.54, 1.807) is 12.1 Å². The van der Waals surface area contributed by atoms with Crippen LogP contribution in [0.2, 0.25) is 0 Å². The van der Waals surface area contributed by atoms with Crippen molar-refractivity contribution < 1.29 is 18.7 Å². The number of aliphatic imine (C=N–C) groups is 1. The van der Waals surface area contributed by atoms with E-state index in [1.807, 2.05) is 62.3 Å². The third-order valence-electron chi connectivity index (χ3n) is 5.68. The van der Waals surface area contributed by atoms with Gasteiger partial charge in [-0.05, 0) is 56.4 Å². The second-order valence-corrected chi connectivity index (χ2v) is 9.68. The number of allylic oxidation sites excluding steroid dienone is 1. The first-order chi connectivity index (χ1) is 16.7. The molecule has 2 aliphatic heterocycles. The van der Waals surface area contributed by atoms with Gasteiger partial charge >= 0.3 is 5.97 Å². The normalized spacial score (nSPS) is 17.2. The summed E-state index contributed by atoms with van der Waals surface area (Å²) in [5, 5.41) is 5.46. The molecule has 0 aromatic heterocycles. The Balaban J connectivity index is 1.60. The molecule has 8 heteroatoms. The molecule has 1 N–H and O–H groups in total. The molecule has 0 fully saturated rings. The molecular weight excluding hydrogens is 465 g/mol. The summed E-state index contributed by atoms with van der Waals surface area (Å²) in [6.45, 7) is 7.67. The molecule has 0 unspecified atom stereocenters. The van der Waals surface area contributed by atoms with Crippen LogP contribution in [0.3, 0.4) is 0 Å². The lowest BCUT2D eigenvalue weighted by atomic mass is 9.93. The molecule has 2 aliphatic rings. The number of amidine groups is 1. The average molecular weight is 494 g/mol. The Morgan fingerprint density at radius 2 is 1.91 bits per heavy atom. The number of benzene rings is 2. The molecule has 6 nitrogen and oxygen atoms in total. The van der Waals surface area contributed by atoms with Crippen LogP contribution in [0.25, 0.3) is 0 Å². The monoisotopic (exact) mass is 493 g/mol. The third-order valence-corrected chi connectivity index (χ3v) is 6.57. The highest BCUT2D eigenvalue weighted by atomic mass is 32.2. The number of hydrogen-bond acceptors (Lipinski definition) is 6. The summed E-state index contributed by atoms with van der Waals surface area (Å²) in [6.07, 6.45) is -0.182. The predicted octanol–water partition coefficient (Wildman–Crippen LogP) is 5.37. The van der Waals surface area contributed by atoms with Crippen LogP contribution in [-0.4, -0.2) is 28.0 Å². The zero-order valence-corrected chi connectivity index (χ0v) is 21.0. The molecule has 0 aliphatic carbocycles. The van der Waals surface area contributed by atoms with Gasteiger partial charge in [-0.1, -0.05) is 53.7 Å². The Morgan fingerprint density at radius 1 is 1.17 bits per heavy atom. The van der Waals surface area contributed by atoms with Gasteiger partial charge < -0.3 is 15.0 Å². The molecule has 182 valence electrons. The SMILES string of the molecule is CC1=C(C(=O)OC(C)C)[C@@H](c2ccc(C)cc2)N2C(CC(=O)NCc3cccc(F)c3)=CSC2=N1. The number of rotatable bonds is 7. The van der Waals surface area contributed by atoms with E-state index in [-0.39, 0.29) is 30.8 Å². The van der Waals surface area contributed by atoms with Crippen molar-refractivity contribution in [2.24, 2.45) is 4.99 Å². The molecule has 35 heavy (non-hydrogen) atoms. The van der Waals surface area contributed by atoms with E-state index in [2.05, 4.69) is 10.3 Å². The smallest absolute Gasteiger partial charge is 0.338 e. The topological polar surface area (TPSA) is 71.0 Å². The van der Waals surface area contributed by atoms with Crippen molar-refractivity contribution >= 4 is 28.8 Å². The molecule has 1 amide bonds. The Morgan fingerprint density at radius 3 is 2.60 bits per heavy atom. The van der Waals surface area contributed by atoms with Gasteiger partial charge in [-0.25, -0.2) is 14.2 Å². The van der Waals surface area contributed by atoms with Crippen molar-refractivity contribution in [1.82, 2.24) is 10.2 Å². The van der Waals surface area contributed by atoms with Gasteiger partial charge in [0.05, 0.1) is 29.8 Å².